The average molecular weight is 449 g/mol. The van der Waals surface area contributed by atoms with Crippen molar-refractivity contribution in [2.75, 3.05) is 19.7 Å². The van der Waals surface area contributed by atoms with Gasteiger partial charge < -0.3 is 20.1 Å². The Balaban J connectivity index is 1.23. The zero-order valence-electron chi connectivity index (χ0n) is 18.6. The number of hydrogen-bond donors (Lipinski definition) is 2. The number of amides is 2. The Morgan fingerprint density at radius 2 is 1.76 bits per heavy atom. The van der Waals surface area contributed by atoms with E-state index in [4.69, 9.17) is 4.74 Å². The molecular formula is C26H28N2O5. The van der Waals surface area contributed by atoms with Crippen LogP contribution in [0, 0.1) is 11.3 Å². The minimum atomic E-state index is -0.834. The van der Waals surface area contributed by atoms with Crippen LogP contribution in [0.2, 0.25) is 0 Å². The number of carboxylic acids is 1. The van der Waals surface area contributed by atoms with E-state index in [2.05, 4.69) is 29.6 Å². The molecular weight excluding hydrogens is 420 g/mol. The number of benzene rings is 2. The first-order valence-corrected chi connectivity index (χ1v) is 11.6. The molecule has 1 saturated heterocycles. The van der Waals surface area contributed by atoms with E-state index in [1.807, 2.05) is 31.2 Å². The third-order valence-corrected chi connectivity index (χ3v) is 7.39. The predicted octanol–water partition coefficient (Wildman–Crippen LogP) is 3.63. The Labute approximate surface area is 192 Å². The van der Waals surface area contributed by atoms with Crippen LogP contribution in [-0.4, -0.2) is 53.7 Å². The van der Waals surface area contributed by atoms with Gasteiger partial charge in [0.05, 0.1) is 5.41 Å². The topological polar surface area (TPSA) is 95.9 Å². The number of rotatable bonds is 7. The van der Waals surface area contributed by atoms with Crippen LogP contribution in [0.5, 0.6) is 0 Å². The molecule has 1 aliphatic heterocycles. The Bertz CT molecular complexity index is 1070. The van der Waals surface area contributed by atoms with Crippen LogP contribution in [0.4, 0.5) is 4.79 Å². The van der Waals surface area contributed by atoms with Crippen molar-refractivity contribution in [1.29, 1.82) is 0 Å². The number of aliphatic carboxylic acids is 1. The lowest BCUT2D eigenvalue weighted by Crippen LogP contribution is -2.49. The molecule has 7 nitrogen and oxygen atoms in total. The van der Waals surface area contributed by atoms with E-state index in [1.165, 1.54) is 0 Å². The average Bonchev–Trinajstić information content (AvgIpc) is 3.25. The molecule has 33 heavy (non-hydrogen) atoms. The Hall–Kier alpha value is -3.35. The molecule has 2 fully saturated rings. The van der Waals surface area contributed by atoms with E-state index in [9.17, 15) is 19.5 Å². The molecule has 0 bridgehead atoms. The molecule has 0 spiro atoms. The minimum Gasteiger partial charge on any atom is -0.481 e. The van der Waals surface area contributed by atoms with Crippen LogP contribution < -0.4 is 5.32 Å². The maximum absolute atomic E-state index is 13.1. The highest BCUT2D eigenvalue weighted by molar-refractivity contribution is 5.88. The summed E-state index contributed by atoms with van der Waals surface area (Å²) in [5, 5.41) is 12.2. The standard InChI is InChI=1S/C26H28N2O5/c1-2-7-22(23(29)28-13-16-12-26(16,15-28)24(30)31)27-25(32)33-14-21-19-10-5-3-8-17(19)18-9-4-6-11-20(18)21/h3-6,8-11,16,21-22H,2,7,12-15H2,1H3,(H,27,32)(H,30,31)/t16?,22-,26?/m1/s1. The third-order valence-electron chi connectivity index (χ3n) is 7.39. The van der Waals surface area contributed by atoms with Crippen LogP contribution in [0.3, 0.4) is 0 Å². The van der Waals surface area contributed by atoms with Crippen molar-refractivity contribution in [2.24, 2.45) is 11.3 Å². The fourth-order valence-electron chi connectivity index (χ4n) is 5.53. The summed E-state index contributed by atoms with van der Waals surface area (Å²) in [6, 6.07) is 15.5. The van der Waals surface area contributed by atoms with Gasteiger partial charge in [-0.1, -0.05) is 61.9 Å². The first kappa shape index (κ1) is 21.5. The summed E-state index contributed by atoms with van der Waals surface area (Å²) < 4.78 is 5.60. The molecule has 2 unspecified atom stereocenters. The second kappa shape index (κ2) is 8.21. The van der Waals surface area contributed by atoms with Gasteiger partial charge in [-0.2, -0.15) is 0 Å². The smallest absolute Gasteiger partial charge is 0.407 e. The molecule has 2 aromatic rings. The number of piperidine rings is 1. The van der Waals surface area contributed by atoms with Crippen molar-refractivity contribution < 1.29 is 24.2 Å². The third kappa shape index (κ3) is 3.65. The Kier molecular flexibility index (Phi) is 5.35. The SMILES string of the molecule is CCC[C@@H](NC(=O)OCC1c2ccccc2-c2ccccc21)C(=O)N1CC2CC2(C(=O)O)C1. The van der Waals surface area contributed by atoms with Gasteiger partial charge in [0.1, 0.15) is 12.6 Å². The van der Waals surface area contributed by atoms with Gasteiger partial charge in [0, 0.05) is 19.0 Å². The van der Waals surface area contributed by atoms with Gasteiger partial charge in [-0.05, 0) is 41.0 Å². The monoisotopic (exact) mass is 448 g/mol. The summed E-state index contributed by atoms with van der Waals surface area (Å²) in [5.41, 5.74) is 3.78. The van der Waals surface area contributed by atoms with Crippen molar-refractivity contribution in [3.05, 3.63) is 59.7 Å². The lowest BCUT2D eigenvalue weighted by Gasteiger charge is -2.26. The summed E-state index contributed by atoms with van der Waals surface area (Å²) in [6.07, 6.45) is 1.19. The molecule has 3 atom stereocenters. The van der Waals surface area contributed by atoms with Crippen LogP contribution >= 0.6 is 0 Å². The summed E-state index contributed by atoms with van der Waals surface area (Å²) in [5.74, 6) is -1.09. The zero-order valence-corrected chi connectivity index (χ0v) is 18.6. The number of nitrogens with one attached hydrogen (secondary N) is 1. The van der Waals surface area contributed by atoms with Crippen LogP contribution in [0.1, 0.15) is 43.2 Å². The first-order valence-electron chi connectivity index (χ1n) is 11.6. The molecule has 1 heterocycles. The molecule has 1 saturated carbocycles. The number of carbonyl (C=O) groups is 3. The quantitative estimate of drug-likeness (QED) is 0.674. The minimum absolute atomic E-state index is 0.0238. The molecule has 3 aliphatic rings. The maximum atomic E-state index is 13.1. The summed E-state index contributed by atoms with van der Waals surface area (Å²) in [6.45, 7) is 2.79. The van der Waals surface area contributed by atoms with Crippen molar-refractivity contribution in [2.45, 2.75) is 38.1 Å². The molecule has 0 radical (unpaired) electrons. The van der Waals surface area contributed by atoms with Gasteiger partial charge >= 0.3 is 12.1 Å². The van der Waals surface area contributed by atoms with Crippen molar-refractivity contribution in [1.82, 2.24) is 10.2 Å². The molecule has 2 aliphatic carbocycles. The van der Waals surface area contributed by atoms with Gasteiger partial charge in [-0.25, -0.2) is 4.79 Å². The van der Waals surface area contributed by atoms with E-state index in [0.717, 1.165) is 22.3 Å². The summed E-state index contributed by atoms with van der Waals surface area (Å²) >= 11 is 0. The predicted molar refractivity (Wildman–Crippen MR) is 122 cm³/mol. The highest BCUT2D eigenvalue weighted by atomic mass is 16.5. The molecule has 172 valence electrons. The Morgan fingerprint density at radius 3 is 2.33 bits per heavy atom. The second-order valence-corrected chi connectivity index (χ2v) is 9.39. The van der Waals surface area contributed by atoms with Crippen molar-refractivity contribution in [3.8, 4) is 11.1 Å². The van der Waals surface area contributed by atoms with Crippen LogP contribution in [0.25, 0.3) is 11.1 Å². The van der Waals surface area contributed by atoms with Crippen LogP contribution in [-0.2, 0) is 14.3 Å². The molecule has 0 aromatic heterocycles. The fourth-order valence-corrected chi connectivity index (χ4v) is 5.53. The first-order chi connectivity index (χ1) is 15.9. The van der Waals surface area contributed by atoms with E-state index in [0.29, 0.717) is 25.8 Å². The number of ether oxygens (including phenoxy) is 1. The lowest BCUT2D eigenvalue weighted by atomic mass is 9.98. The largest absolute Gasteiger partial charge is 0.481 e. The van der Waals surface area contributed by atoms with E-state index in [1.54, 1.807) is 4.90 Å². The van der Waals surface area contributed by atoms with Crippen molar-refractivity contribution in [3.63, 3.8) is 0 Å². The van der Waals surface area contributed by atoms with Gasteiger partial charge in [0.2, 0.25) is 5.91 Å². The molecule has 2 N–H and O–H groups in total. The zero-order chi connectivity index (χ0) is 23.2. The highest BCUT2D eigenvalue weighted by Gasteiger charge is 2.66. The van der Waals surface area contributed by atoms with Crippen molar-refractivity contribution >= 4 is 18.0 Å². The van der Waals surface area contributed by atoms with E-state index >= 15 is 0 Å². The molecule has 7 heteroatoms. The number of likely N-dealkylation sites (tertiary alicyclic amines) is 1. The number of nitrogens with zero attached hydrogens (tertiary/aromatic N) is 1. The van der Waals surface area contributed by atoms with Gasteiger partial charge in [0.25, 0.3) is 0 Å². The van der Waals surface area contributed by atoms with Crippen LogP contribution in [0.15, 0.2) is 48.5 Å². The van der Waals surface area contributed by atoms with Gasteiger partial charge in [-0.3, -0.25) is 9.59 Å². The number of carboxylic acid groups (broad SMARTS) is 1. The molecule has 2 amide bonds. The van der Waals surface area contributed by atoms with E-state index in [-0.39, 0.29) is 30.9 Å². The van der Waals surface area contributed by atoms with E-state index < -0.39 is 23.5 Å². The number of hydrogen-bond acceptors (Lipinski definition) is 4. The number of alkyl carbamates (subject to hydrolysis) is 1. The maximum Gasteiger partial charge on any atom is 0.407 e. The van der Waals surface area contributed by atoms with Gasteiger partial charge in [-0.15, -0.1) is 0 Å². The Morgan fingerprint density at radius 1 is 1.12 bits per heavy atom. The summed E-state index contributed by atoms with van der Waals surface area (Å²) in [4.78, 5) is 38.9. The number of fused-ring (bicyclic) bond motifs is 4. The fraction of sp³-hybridized carbons (Fsp3) is 0.423. The highest BCUT2D eigenvalue weighted by Crippen LogP contribution is 2.58. The molecule has 5 rings (SSSR count). The normalized spacial score (nSPS) is 23.3. The summed E-state index contributed by atoms with van der Waals surface area (Å²) in [7, 11) is 0. The second-order valence-electron chi connectivity index (χ2n) is 9.39. The van der Waals surface area contributed by atoms with Gasteiger partial charge in [0.15, 0.2) is 0 Å². The lowest BCUT2D eigenvalue weighted by molar-refractivity contribution is -0.144. The number of carbonyl (C=O) groups excluding carboxylic acids is 2. The molecule has 2 aromatic carbocycles.